The van der Waals surface area contributed by atoms with Crippen molar-refractivity contribution in [1.29, 1.82) is 0 Å². The maximum absolute atomic E-state index is 11.1. The van der Waals surface area contributed by atoms with Gasteiger partial charge in [0, 0.05) is 0 Å². The van der Waals surface area contributed by atoms with Crippen LogP contribution in [0.4, 0.5) is 0 Å². The van der Waals surface area contributed by atoms with Crippen LogP contribution in [0.1, 0.15) is 19.8 Å². The Hall–Kier alpha value is -1.07. The number of carboxylic acids is 1. The van der Waals surface area contributed by atoms with Gasteiger partial charge in [-0.15, -0.1) is 11.3 Å². The lowest BCUT2D eigenvalue weighted by Crippen LogP contribution is -2.15. The van der Waals surface area contributed by atoms with Gasteiger partial charge >= 0.3 is 5.97 Å². The zero-order chi connectivity index (χ0) is 12.3. The Labute approximate surface area is 108 Å². The topological polar surface area (TPSA) is 50.2 Å². The molecule has 3 nitrogen and oxygen atoms in total. The van der Waals surface area contributed by atoms with Gasteiger partial charge in [0.15, 0.2) is 4.34 Å². The molecule has 0 saturated heterocycles. The highest BCUT2D eigenvalue weighted by molar-refractivity contribution is 8.02. The third-order valence-electron chi connectivity index (χ3n) is 2.34. The molecular weight excluding hydrogens is 254 g/mol. The zero-order valence-corrected chi connectivity index (χ0v) is 11.1. The van der Waals surface area contributed by atoms with Crippen LogP contribution in [0.25, 0.3) is 10.2 Å². The van der Waals surface area contributed by atoms with E-state index in [1.165, 1.54) is 11.8 Å². The van der Waals surface area contributed by atoms with Crippen LogP contribution < -0.4 is 0 Å². The fraction of sp³-hybridized carbons (Fsp3) is 0.333. The van der Waals surface area contributed by atoms with Crippen molar-refractivity contribution in [3.05, 3.63) is 24.3 Å². The number of carboxylic acid groups (broad SMARTS) is 1. The molecule has 90 valence electrons. The molecule has 1 N–H and O–H groups in total. The number of thioether (sulfide) groups is 1. The van der Waals surface area contributed by atoms with Crippen molar-refractivity contribution >= 4 is 39.3 Å². The maximum Gasteiger partial charge on any atom is 0.317 e. The Morgan fingerprint density at radius 3 is 2.94 bits per heavy atom. The molecule has 2 aromatic rings. The van der Waals surface area contributed by atoms with Crippen molar-refractivity contribution in [1.82, 2.24) is 4.98 Å². The number of aromatic nitrogens is 1. The second kappa shape index (κ2) is 5.51. The van der Waals surface area contributed by atoms with E-state index < -0.39 is 5.97 Å². The van der Waals surface area contributed by atoms with Gasteiger partial charge in [-0.2, -0.15) is 0 Å². The number of benzene rings is 1. The van der Waals surface area contributed by atoms with E-state index >= 15 is 0 Å². The summed E-state index contributed by atoms with van der Waals surface area (Å²) in [7, 11) is 0. The summed E-state index contributed by atoms with van der Waals surface area (Å²) in [6, 6.07) is 7.87. The molecule has 17 heavy (non-hydrogen) atoms. The van der Waals surface area contributed by atoms with Crippen LogP contribution in [0.2, 0.25) is 0 Å². The fourth-order valence-corrected chi connectivity index (χ4v) is 3.87. The molecule has 1 aromatic heterocycles. The maximum atomic E-state index is 11.1. The lowest BCUT2D eigenvalue weighted by atomic mass is 10.2. The lowest BCUT2D eigenvalue weighted by Gasteiger charge is -2.07. The average Bonchev–Trinajstić information content (AvgIpc) is 2.70. The summed E-state index contributed by atoms with van der Waals surface area (Å²) in [4.78, 5) is 15.5. The number of aliphatic carboxylic acids is 1. The fourth-order valence-electron chi connectivity index (χ4n) is 1.52. The first-order valence-corrected chi connectivity index (χ1v) is 7.15. The highest BCUT2D eigenvalue weighted by atomic mass is 32.2. The van der Waals surface area contributed by atoms with Crippen molar-refractivity contribution in [2.24, 2.45) is 0 Å². The molecule has 0 spiro atoms. The molecule has 0 aliphatic heterocycles. The summed E-state index contributed by atoms with van der Waals surface area (Å²) in [6.45, 7) is 1.99. The monoisotopic (exact) mass is 267 g/mol. The predicted molar refractivity (Wildman–Crippen MR) is 71.8 cm³/mol. The van der Waals surface area contributed by atoms with E-state index in [-0.39, 0.29) is 5.25 Å². The smallest absolute Gasteiger partial charge is 0.317 e. The molecule has 0 aliphatic rings. The molecule has 0 amide bonds. The van der Waals surface area contributed by atoms with Crippen LogP contribution in [0.15, 0.2) is 28.6 Å². The minimum Gasteiger partial charge on any atom is -0.480 e. The largest absolute Gasteiger partial charge is 0.480 e. The van der Waals surface area contributed by atoms with Gasteiger partial charge in [0.2, 0.25) is 0 Å². The molecule has 0 radical (unpaired) electrons. The third-order valence-corrected chi connectivity index (χ3v) is 4.73. The van der Waals surface area contributed by atoms with E-state index in [4.69, 9.17) is 5.11 Å². The quantitative estimate of drug-likeness (QED) is 0.840. The standard InChI is InChI=1S/C12H13NO2S2/c1-2-5-10(11(14)15)17-12-13-8-6-3-4-7-9(8)16-12/h3-4,6-7,10H,2,5H2,1H3,(H,14,15). The third kappa shape index (κ3) is 2.98. The van der Waals surface area contributed by atoms with Crippen molar-refractivity contribution in [3.63, 3.8) is 0 Å². The van der Waals surface area contributed by atoms with Gasteiger partial charge in [-0.25, -0.2) is 4.98 Å². The number of rotatable bonds is 5. The summed E-state index contributed by atoms with van der Waals surface area (Å²) in [5.41, 5.74) is 0.945. The molecule has 0 saturated carbocycles. The average molecular weight is 267 g/mol. The number of hydrogen-bond acceptors (Lipinski definition) is 4. The molecule has 0 bridgehead atoms. The highest BCUT2D eigenvalue weighted by Crippen LogP contribution is 2.33. The summed E-state index contributed by atoms with van der Waals surface area (Å²) < 4.78 is 1.95. The second-order valence-electron chi connectivity index (χ2n) is 3.68. The van der Waals surface area contributed by atoms with Crippen LogP contribution in [-0.4, -0.2) is 21.3 Å². The number of carbonyl (C=O) groups is 1. The number of thiazole rings is 1. The Kier molecular flexibility index (Phi) is 4.02. The zero-order valence-electron chi connectivity index (χ0n) is 9.42. The predicted octanol–water partition coefficient (Wildman–Crippen LogP) is 3.64. The van der Waals surface area contributed by atoms with Gasteiger partial charge in [-0.3, -0.25) is 4.79 Å². The molecule has 0 fully saturated rings. The van der Waals surface area contributed by atoms with E-state index in [1.807, 2.05) is 31.2 Å². The number of para-hydroxylation sites is 1. The van der Waals surface area contributed by atoms with Gasteiger partial charge in [-0.1, -0.05) is 37.2 Å². The van der Waals surface area contributed by atoms with Crippen LogP contribution in [0.3, 0.4) is 0 Å². The van der Waals surface area contributed by atoms with Crippen molar-refractivity contribution in [2.45, 2.75) is 29.4 Å². The molecule has 5 heteroatoms. The Bertz CT molecular complexity index is 491. The normalized spacial score (nSPS) is 12.8. The second-order valence-corrected chi connectivity index (χ2v) is 6.16. The van der Waals surface area contributed by atoms with Gasteiger partial charge in [0.05, 0.1) is 10.2 Å². The van der Waals surface area contributed by atoms with E-state index in [2.05, 4.69) is 4.98 Å². The Morgan fingerprint density at radius 1 is 1.53 bits per heavy atom. The lowest BCUT2D eigenvalue weighted by molar-refractivity contribution is -0.136. The summed E-state index contributed by atoms with van der Waals surface area (Å²) in [5.74, 6) is -0.754. The number of fused-ring (bicyclic) bond motifs is 1. The summed E-state index contributed by atoms with van der Waals surface area (Å²) in [5, 5.41) is 8.71. The van der Waals surface area contributed by atoms with Crippen LogP contribution >= 0.6 is 23.1 Å². The van der Waals surface area contributed by atoms with Gasteiger partial charge in [0.1, 0.15) is 5.25 Å². The minimum absolute atomic E-state index is 0.388. The molecular formula is C12H13NO2S2. The SMILES string of the molecule is CCCC(Sc1nc2ccccc2s1)C(=O)O. The first-order valence-electron chi connectivity index (χ1n) is 5.45. The number of nitrogens with zero attached hydrogens (tertiary/aromatic N) is 1. The molecule has 0 aliphatic carbocycles. The van der Waals surface area contributed by atoms with Gasteiger partial charge < -0.3 is 5.11 Å². The minimum atomic E-state index is -0.754. The van der Waals surface area contributed by atoms with Crippen LogP contribution in [0, 0.1) is 0 Å². The highest BCUT2D eigenvalue weighted by Gasteiger charge is 2.19. The van der Waals surface area contributed by atoms with Crippen LogP contribution in [-0.2, 0) is 4.79 Å². The van der Waals surface area contributed by atoms with E-state index in [9.17, 15) is 4.79 Å². The van der Waals surface area contributed by atoms with Gasteiger partial charge in [-0.05, 0) is 18.6 Å². The molecule has 2 rings (SSSR count). The first-order chi connectivity index (χ1) is 8.20. The van der Waals surface area contributed by atoms with E-state index in [0.717, 1.165) is 21.0 Å². The summed E-state index contributed by atoms with van der Waals surface area (Å²) in [6.07, 6.45) is 1.55. The molecule has 1 unspecified atom stereocenters. The molecule has 1 atom stereocenters. The van der Waals surface area contributed by atoms with Crippen molar-refractivity contribution < 1.29 is 9.90 Å². The molecule has 1 aromatic carbocycles. The Balaban J connectivity index is 2.19. The van der Waals surface area contributed by atoms with Crippen LogP contribution in [0.5, 0.6) is 0 Å². The van der Waals surface area contributed by atoms with E-state index in [1.54, 1.807) is 11.3 Å². The number of hydrogen-bond donors (Lipinski definition) is 1. The van der Waals surface area contributed by atoms with Crippen molar-refractivity contribution in [3.8, 4) is 0 Å². The van der Waals surface area contributed by atoms with Gasteiger partial charge in [0.25, 0.3) is 0 Å². The van der Waals surface area contributed by atoms with Crippen molar-refractivity contribution in [2.75, 3.05) is 0 Å². The molecule has 1 heterocycles. The van der Waals surface area contributed by atoms with E-state index in [0.29, 0.717) is 6.42 Å². The summed E-state index contributed by atoms with van der Waals surface area (Å²) >= 11 is 2.91. The Morgan fingerprint density at radius 2 is 2.29 bits per heavy atom. The first kappa shape index (κ1) is 12.4.